The Morgan fingerprint density at radius 3 is 2.84 bits per heavy atom. The van der Waals surface area contributed by atoms with Crippen LogP contribution in [0.1, 0.15) is 26.3 Å². The van der Waals surface area contributed by atoms with Crippen LogP contribution in [0, 0.1) is 12.3 Å². The van der Waals surface area contributed by atoms with Crippen LogP contribution in [-0.2, 0) is 4.74 Å². The fourth-order valence-corrected chi connectivity index (χ4v) is 2.15. The lowest BCUT2D eigenvalue weighted by atomic mass is 10.2. The van der Waals surface area contributed by atoms with Gasteiger partial charge in [-0.2, -0.15) is 0 Å². The van der Waals surface area contributed by atoms with E-state index >= 15 is 0 Å². The van der Waals surface area contributed by atoms with Crippen molar-refractivity contribution >= 4 is 27.6 Å². The molecule has 2 rings (SSSR count). The van der Waals surface area contributed by atoms with Gasteiger partial charge in [0.1, 0.15) is 17.9 Å². The maximum Gasteiger partial charge on any atom is 0.289 e. The standard InChI is InChI=1S/C13H18BrN3O2/c1-8-9(14)7-16-11-10(8)17(5-6-18-11)12(15)19-13(2,3)4/h7,15H,5-6H2,1-4H3. The molecule has 1 aliphatic heterocycles. The molecule has 0 unspecified atom stereocenters. The number of hydrogen-bond acceptors (Lipinski definition) is 4. The van der Waals surface area contributed by atoms with Crippen LogP contribution in [-0.4, -0.2) is 29.8 Å². The molecule has 0 amide bonds. The predicted molar refractivity (Wildman–Crippen MR) is 78.1 cm³/mol. The van der Waals surface area contributed by atoms with Crippen molar-refractivity contribution in [2.24, 2.45) is 0 Å². The minimum Gasteiger partial charge on any atom is -0.474 e. The van der Waals surface area contributed by atoms with Crippen LogP contribution < -0.4 is 9.64 Å². The quantitative estimate of drug-likeness (QED) is 0.587. The second-order valence-corrected chi connectivity index (χ2v) is 6.26. The Morgan fingerprint density at radius 1 is 1.53 bits per heavy atom. The van der Waals surface area contributed by atoms with Gasteiger partial charge in [-0.25, -0.2) is 4.98 Å². The zero-order valence-corrected chi connectivity index (χ0v) is 13.2. The lowest BCUT2D eigenvalue weighted by Gasteiger charge is -2.34. The first-order valence-electron chi connectivity index (χ1n) is 6.12. The predicted octanol–water partition coefficient (Wildman–Crippen LogP) is 3.10. The molecular formula is C13H18BrN3O2. The van der Waals surface area contributed by atoms with Gasteiger partial charge in [-0.15, -0.1) is 0 Å². The molecule has 0 aromatic carbocycles. The summed E-state index contributed by atoms with van der Waals surface area (Å²) in [6.45, 7) is 8.83. The summed E-state index contributed by atoms with van der Waals surface area (Å²) in [7, 11) is 0. The molecule has 1 N–H and O–H groups in total. The molecule has 2 heterocycles. The Hall–Kier alpha value is -1.30. The summed E-state index contributed by atoms with van der Waals surface area (Å²) in [4.78, 5) is 6.05. The second kappa shape index (κ2) is 5.00. The molecule has 0 aliphatic carbocycles. The van der Waals surface area contributed by atoms with Crippen molar-refractivity contribution in [1.82, 2.24) is 4.98 Å². The molecule has 1 aromatic heterocycles. The smallest absolute Gasteiger partial charge is 0.289 e. The molecule has 1 aliphatic rings. The molecule has 0 saturated heterocycles. The van der Waals surface area contributed by atoms with E-state index in [0.717, 1.165) is 15.7 Å². The van der Waals surface area contributed by atoms with Crippen molar-refractivity contribution in [3.8, 4) is 5.88 Å². The number of pyridine rings is 1. The van der Waals surface area contributed by atoms with E-state index in [9.17, 15) is 0 Å². The average molecular weight is 328 g/mol. The molecule has 0 atom stereocenters. The lowest BCUT2D eigenvalue weighted by molar-refractivity contribution is 0.109. The largest absolute Gasteiger partial charge is 0.474 e. The lowest BCUT2D eigenvalue weighted by Crippen LogP contribution is -2.42. The van der Waals surface area contributed by atoms with Gasteiger partial charge in [0.15, 0.2) is 0 Å². The molecule has 0 spiro atoms. The van der Waals surface area contributed by atoms with Crippen molar-refractivity contribution in [1.29, 1.82) is 5.41 Å². The molecule has 104 valence electrons. The van der Waals surface area contributed by atoms with E-state index in [0.29, 0.717) is 19.0 Å². The third-order valence-corrected chi connectivity index (χ3v) is 3.48. The van der Waals surface area contributed by atoms with Gasteiger partial charge >= 0.3 is 0 Å². The number of nitrogens with one attached hydrogen (secondary N) is 1. The van der Waals surface area contributed by atoms with Crippen molar-refractivity contribution in [3.05, 3.63) is 16.2 Å². The molecular weight excluding hydrogens is 310 g/mol. The molecule has 6 heteroatoms. The maximum atomic E-state index is 8.14. The molecule has 5 nitrogen and oxygen atoms in total. The summed E-state index contributed by atoms with van der Waals surface area (Å²) in [6, 6.07) is 0.125. The highest BCUT2D eigenvalue weighted by Crippen LogP contribution is 2.36. The number of rotatable bonds is 0. The fourth-order valence-electron chi connectivity index (χ4n) is 1.86. The molecule has 0 saturated carbocycles. The molecule has 0 fully saturated rings. The first kappa shape index (κ1) is 14.1. The Balaban J connectivity index is 2.37. The molecule has 1 aromatic rings. The Morgan fingerprint density at radius 2 is 2.21 bits per heavy atom. The fraction of sp³-hybridized carbons (Fsp3) is 0.538. The highest BCUT2D eigenvalue weighted by atomic mass is 79.9. The molecule has 0 bridgehead atoms. The number of anilines is 1. The van der Waals surface area contributed by atoms with Crippen LogP contribution >= 0.6 is 15.9 Å². The molecule has 0 radical (unpaired) electrons. The zero-order chi connectivity index (χ0) is 14.2. The SMILES string of the molecule is Cc1c(Br)cnc2c1N(C(=N)OC(C)(C)C)CCO2. The van der Waals surface area contributed by atoms with Crippen molar-refractivity contribution in [2.45, 2.75) is 33.3 Å². The number of nitrogens with zero attached hydrogens (tertiary/aromatic N) is 2. The Labute approximate surface area is 121 Å². The van der Waals surface area contributed by atoms with Crippen LogP contribution in [0.15, 0.2) is 10.7 Å². The van der Waals surface area contributed by atoms with Crippen LogP contribution in [0.2, 0.25) is 0 Å². The van der Waals surface area contributed by atoms with E-state index in [1.165, 1.54) is 0 Å². The van der Waals surface area contributed by atoms with Crippen LogP contribution in [0.25, 0.3) is 0 Å². The summed E-state index contributed by atoms with van der Waals surface area (Å²) in [5.41, 5.74) is 1.39. The minimum atomic E-state index is -0.400. The van der Waals surface area contributed by atoms with E-state index < -0.39 is 5.60 Å². The van der Waals surface area contributed by atoms with Gasteiger partial charge in [0, 0.05) is 10.7 Å². The van der Waals surface area contributed by atoms with E-state index in [-0.39, 0.29) is 6.02 Å². The third-order valence-electron chi connectivity index (χ3n) is 2.68. The summed E-state index contributed by atoms with van der Waals surface area (Å²) in [5.74, 6) is 0.550. The van der Waals surface area contributed by atoms with E-state index in [1.807, 2.05) is 27.7 Å². The Kier molecular flexibility index (Phi) is 3.71. The van der Waals surface area contributed by atoms with E-state index in [2.05, 4.69) is 20.9 Å². The minimum absolute atomic E-state index is 0.125. The van der Waals surface area contributed by atoms with Crippen molar-refractivity contribution < 1.29 is 9.47 Å². The zero-order valence-electron chi connectivity index (χ0n) is 11.6. The van der Waals surface area contributed by atoms with Gasteiger partial charge in [0.25, 0.3) is 6.02 Å². The first-order chi connectivity index (χ1) is 8.79. The highest BCUT2D eigenvalue weighted by Gasteiger charge is 2.28. The van der Waals surface area contributed by atoms with Crippen molar-refractivity contribution in [2.75, 3.05) is 18.1 Å². The van der Waals surface area contributed by atoms with Gasteiger partial charge in [-0.1, -0.05) is 0 Å². The van der Waals surface area contributed by atoms with Crippen LogP contribution in [0.4, 0.5) is 5.69 Å². The summed E-state index contributed by atoms with van der Waals surface area (Å²) in [5, 5.41) is 8.14. The van der Waals surface area contributed by atoms with E-state index in [1.54, 1.807) is 11.1 Å². The number of hydrogen-bond donors (Lipinski definition) is 1. The number of halogens is 1. The monoisotopic (exact) mass is 327 g/mol. The van der Waals surface area contributed by atoms with Gasteiger partial charge in [0.2, 0.25) is 5.88 Å². The normalized spacial score (nSPS) is 14.7. The van der Waals surface area contributed by atoms with Gasteiger partial charge in [0.05, 0.1) is 6.54 Å². The highest BCUT2D eigenvalue weighted by molar-refractivity contribution is 9.10. The second-order valence-electron chi connectivity index (χ2n) is 5.40. The van der Waals surface area contributed by atoms with Gasteiger partial charge in [-0.3, -0.25) is 10.3 Å². The average Bonchev–Trinajstić information content (AvgIpc) is 2.31. The van der Waals surface area contributed by atoms with Gasteiger partial charge in [-0.05, 0) is 49.2 Å². The summed E-state index contributed by atoms with van der Waals surface area (Å²) in [6.07, 6.45) is 1.71. The third kappa shape index (κ3) is 3.00. The van der Waals surface area contributed by atoms with Crippen molar-refractivity contribution in [3.63, 3.8) is 0 Å². The number of ether oxygens (including phenoxy) is 2. The number of fused-ring (bicyclic) bond motifs is 1. The van der Waals surface area contributed by atoms with E-state index in [4.69, 9.17) is 14.9 Å². The summed E-state index contributed by atoms with van der Waals surface area (Å²) < 4.78 is 12.1. The summed E-state index contributed by atoms with van der Waals surface area (Å²) >= 11 is 3.46. The Bertz CT molecular complexity index is 511. The maximum absolute atomic E-state index is 8.14. The number of aromatic nitrogens is 1. The van der Waals surface area contributed by atoms with Gasteiger partial charge < -0.3 is 9.47 Å². The molecule has 19 heavy (non-hydrogen) atoms. The van der Waals surface area contributed by atoms with Crippen LogP contribution in [0.5, 0.6) is 5.88 Å². The first-order valence-corrected chi connectivity index (χ1v) is 6.92. The number of amidine groups is 1. The van der Waals surface area contributed by atoms with Crippen LogP contribution in [0.3, 0.4) is 0 Å². The topological polar surface area (TPSA) is 58.4 Å².